The Balaban J connectivity index is 2.78. The smallest absolute Gasteiger partial charge is 0.197 e. The highest BCUT2D eigenvalue weighted by atomic mass is 32.2. The predicted molar refractivity (Wildman–Crippen MR) is 64.9 cm³/mol. The molecule has 1 saturated heterocycles. The van der Waals surface area contributed by atoms with Crippen molar-refractivity contribution in [3.63, 3.8) is 0 Å². The van der Waals surface area contributed by atoms with Crippen LogP contribution in [-0.2, 0) is 10.2 Å². The van der Waals surface area contributed by atoms with Crippen LogP contribution in [0.2, 0.25) is 0 Å². The molecule has 0 aromatic carbocycles. The fraction of sp³-hybridized carbons (Fsp3) is 0.727. The zero-order valence-corrected chi connectivity index (χ0v) is 10.8. The van der Waals surface area contributed by atoms with E-state index in [4.69, 9.17) is 11.7 Å². The monoisotopic (exact) mass is 255 g/mol. The van der Waals surface area contributed by atoms with Crippen LogP contribution < -0.4 is 0 Å². The number of piperidine rings is 1. The van der Waals surface area contributed by atoms with Gasteiger partial charge < -0.3 is 0 Å². The molecule has 5 nitrogen and oxygen atoms in total. The van der Waals surface area contributed by atoms with E-state index in [-0.39, 0.29) is 13.1 Å². The van der Waals surface area contributed by atoms with Crippen molar-refractivity contribution in [2.75, 3.05) is 26.2 Å². The highest BCUT2D eigenvalue weighted by Crippen LogP contribution is 2.20. The molecule has 1 heterocycles. The quantitative estimate of drug-likeness (QED) is 0.540. The molecule has 94 valence electrons. The Bertz CT molecular complexity index is 409. The first-order valence-corrected chi connectivity index (χ1v) is 6.97. The Kier molecular flexibility index (Phi) is 4.95. The van der Waals surface area contributed by atoms with Crippen molar-refractivity contribution in [3.8, 4) is 18.4 Å². The van der Waals surface area contributed by atoms with Crippen LogP contribution in [0.4, 0.5) is 0 Å². The van der Waals surface area contributed by atoms with Crippen LogP contribution in [0.25, 0.3) is 0 Å². The minimum atomic E-state index is -3.57. The molecule has 0 bridgehead atoms. The molecule has 17 heavy (non-hydrogen) atoms. The highest BCUT2D eigenvalue weighted by Gasteiger charge is 2.31. The van der Waals surface area contributed by atoms with Crippen molar-refractivity contribution in [2.24, 2.45) is 5.92 Å². The molecule has 1 fully saturated rings. The maximum atomic E-state index is 12.2. The third kappa shape index (κ3) is 3.44. The molecule has 0 amide bonds. The van der Waals surface area contributed by atoms with Crippen LogP contribution in [0.3, 0.4) is 0 Å². The van der Waals surface area contributed by atoms with E-state index >= 15 is 0 Å². The average Bonchev–Trinajstić information content (AvgIpc) is 2.29. The van der Waals surface area contributed by atoms with Gasteiger partial charge in [-0.2, -0.15) is 22.3 Å². The lowest BCUT2D eigenvalue weighted by Gasteiger charge is -2.32. The van der Waals surface area contributed by atoms with Gasteiger partial charge in [-0.25, -0.2) is 0 Å². The standard InChI is InChI=1S/C11H17N3O2S/c1-3-7-13(10-6-12)17(15,16)14-8-4-11(2)5-9-14/h1,11H,4-5,7-10H2,2H3. The molecule has 1 rings (SSSR count). The lowest BCUT2D eigenvalue weighted by molar-refractivity contribution is 0.271. The molecule has 1 aliphatic heterocycles. The Morgan fingerprint density at radius 3 is 2.47 bits per heavy atom. The Morgan fingerprint density at radius 1 is 1.41 bits per heavy atom. The third-order valence-electron chi connectivity index (χ3n) is 2.91. The summed E-state index contributed by atoms with van der Waals surface area (Å²) >= 11 is 0. The molecular formula is C11H17N3O2S. The van der Waals surface area contributed by atoms with E-state index in [0.29, 0.717) is 19.0 Å². The Labute approximate surface area is 103 Å². The number of hydrogen-bond donors (Lipinski definition) is 0. The van der Waals surface area contributed by atoms with E-state index in [2.05, 4.69) is 12.8 Å². The Morgan fingerprint density at radius 2 is 2.00 bits per heavy atom. The fourth-order valence-electron chi connectivity index (χ4n) is 1.78. The first-order chi connectivity index (χ1) is 8.02. The molecule has 0 atom stereocenters. The van der Waals surface area contributed by atoms with E-state index in [1.807, 2.05) is 6.07 Å². The zero-order valence-electron chi connectivity index (χ0n) is 9.96. The van der Waals surface area contributed by atoms with Crippen LogP contribution in [-0.4, -0.2) is 43.2 Å². The third-order valence-corrected chi connectivity index (χ3v) is 4.84. The SMILES string of the molecule is C#CCN(CC#N)S(=O)(=O)N1CCC(C)CC1. The lowest BCUT2D eigenvalue weighted by Crippen LogP contribution is -2.47. The molecule has 0 spiro atoms. The summed E-state index contributed by atoms with van der Waals surface area (Å²) < 4.78 is 26.8. The van der Waals surface area contributed by atoms with E-state index in [0.717, 1.165) is 17.1 Å². The van der Waals surface area contributed by atoms with Gasteiger partial charge in [0.15, 0.2) is 0 Å². The number of rotatable bonds is 4. The summed E-state index contributed by atoms with van der Waals surface area (Å²) in [7, 11) is -3.57. The first-order valence-electron chi connectivity index (χ1n) is 5.58. The molecule has 1 aliphatic rings. The average molecular weight is 255 g/mol. The van der Waals surface area contributed by atoms with Crippen LogP contribution in [0.15, 0.2) is 0 Å². The summed E-state index contributed by atoms with van der Waals surface area (Å²) in [6.07, 6.45) is 6.84. The second-order valence-electron chi connectivity index (χ2n) is 4.22. The number of hydrogen-bond acceptors (Lipinski definition) is 3. The van der Waals surface area contributed by atoms with Gasteiger partial charge in [0.25, 0.3) is 10.2 Å². The molecule has 0 radical (unpaired) electrons. The van der Waals surface area contributed by atoms with E-state index in [1.165, 1.54) is 4.31 Å². The van der Waals surface area contributed by atoms with E-state index in [9.17, 15) is 8.42 Å². The van der Waals surface area contributed by atoms with Crippen molar-refractivity contribution in [1.29, 1.82) is 5.26 Å². The van der Waals surface area contributed by atoms with Gasteiger partial charge in [0, 0.05) is 13.1 Å². The van der Waals surface area contributed by atoms with Gasteiger partial charge in [-0.15, -0.1) is 6.42 Å². The topological polar surface area (TPSA) is 64.4 Å². The van der Waals surface area contributed by atoms with Gasteiger partial charge in [0.1, 0.15) is 6.54 Å². The van der Waals surface area contributed by atoms with Gasteiger partial charge >= 0.3 is 0 Å². The first kappa shape index (κ1) is 14.0. The molecular weight excluding hydrogens is 238 g/mol. The predicted octanol–water partition coefficient (Wildman–Crippen LogP) is 0.422. The second-order valence-corrected chi connectivity index (χ2v) is 6.15. The molecule has 0 unspecified atom stereocenters. The molecule has 0 N–H and O–H groups in total. The van der Waals surface area contributed by atoms with Crippen molar-refractivity contribution < 1.29 is 8.42 Å². The van der Waals surface area contributed by atoms with Gasteiger partial charge in [-0.3, -0.25) is 0 Å². The van der Waals surface area contributed by atoms with Crippen molar-refractivity contribution in [2.45, 2.75) is 19.8 Å². The highest BCUT2D eigenvalue weighted by molar-refractivity contribution is 7.86. The minimum Gasteiger partial charge on any atom is -0.197 e. The zero-order chi connectivity index (χ0) is 12.9. The van der Waals surface area contributed by atoms with Crippen LogP contribution in [0.1, 0.15) is 19.8 Å². The lowest BCUT2D eigenvalue weighted by atomic mass is 10.0. The molecule has 0 aromatic rings. The second kappa shape index (κ2) is 6.02. The largest absolute Gasteiger partial charge is 0.283 e. The van der Waals surface area contributed by atoms with Crippen molar-refractivity contribution >= 4 is 10.2 Å². The molecule has 0 saturated carbocycles. The maximum Gasteiger partial charge on any atom is 0.283 e. The normalized spacial score (nSPS) is 18.8. The summed E-state index contributed by atoms with van der Waals surface area (Å²) in [5.41, 5.74) is 0. The summed E-state index contributed by atoms with van der Waals surface area (Å²) in [6, 6.07) is 1.83. The van der Waals surface area contributed by atoms with E-state index < -0.39 is 10.2 Å². The van der Waals surface area contributed by atoms with Gasteiger partial charge in [0.2, 0.25) is 0 Å². The number of nitriles is 1. The van der Waals surface area contributed by atoms with Crippen LogP contribution >= 0.6 is 0 Å². The van der Waals surface area contributed by atoms with Crippen LogP contribution in [0.5, 0.6) is 0 Å². The molecule has 6 heteroatoms. The van der Waals surface area contributed by atoms with E-state index in [1.54, 1.807) is 0 Å². The summed E-state index contributed by atoms with van der Waals surface area (Å²) in [5, 5.41) is 8.62. The number of terminal acetylenes is 1. The van der Waals surface area contributed by atoms with Crippen molar-refractivity contribution in [3.05, 3.63) is 0 Å². The minimum absolute atomic E-state index is 0.0536. The van der Waals surface area contributed by atoms with Crippen molar-refractivity contribution in [1.82, 2.24) is 8.61 Å². The Hall–Kier alpha value is -1.08. The maximum absolute atomic E-state index is 12.2. The van der Waals surface area contributed by atoms with Crippen LogP contribution in [0, 0.1) is 29.6 Å². The molecule has 0 aromatic heterocycles. The van der Waals surface area contributed by atoms with Gasteiger partial charge in [-0.05, 0) is 18.8 Å². The van der Waals surface area contributed by atoms with Gasteiger partial charge in [-0.1, -0.05) is 12.8 Å². The van der Waals surface area contributed by atoms with Gasteiger partial charge in [0.05, 0.1) is 12.6 Å². The fourth-order valence-corrected chi connectivity index (χ4v) is 3.24. The summed E-state index contributed by atoms with van der Waals surface area (Å²) in [5.74, 6) is 2.83. The summed E-state index contributed by atoms with van der Waals surface area (Å²) in [4.78, 5) is 0. The number of nitrogens with zero attached hydrogens (tertiary/aromatic N) is 3. The molecule has 0 aliphatic carbocycles. The summed E-state index contributed by atoms with van der Waals surface area (Å²) in [6.45, 7) is 2.88.